The van der Waals surface area contributed by atoms with Crippen molar-refractivity contribution in [3.05, 3.63) is 114 Å². The van der Waals surface area contributed by atoms with Gasteiger partial charge in [-0.1, -0.05) is 47.6 Å². The van der Waals surface area contributed by atoms with Gasteiger partial charge in [-0.15, -0.1) is 0 Å². The number of aliphatic carboxylic acids is 1. The Kier molecular flexibility index (Phi) is 6.07. The van der Waals surface area contributed by atoms with Crippen LogP contribution in [-0.2, 0) is 17.9 Å². The molecular weight excluding hydrogens is 430 g/mol. The van der Waals surface area contributed by atoms with E-state index in [1.165, 1.54) is 11.8 Å². The first-order chi connectivity index (χ1) is 16.7. The van der Waals surface area contributed by atoms with Crippen LogP contribution in [0.5, 0.6) is 5.75 Å². The second kappa shape index (κ2) is 9.62. The molecule has 170 valence electrons. The largest absolute Gasteiger partial charge is 0.487 e. The number of carboxylic acid groups (broad SMARTS) is 1. The molecular formula is C27H23N3O4. The van der Waals surface area contributed by atoms with Crippen molar-refractivity contribution in [3.63, 3.8) is 0 Å². The zero-order valence-electron chi connectivity index (χ0n) is 18.4. The van der Waals surface area contributed by atoms with Gasteiger partial charge < -0.3 is 18.9 Å². The molecule has 5 rings (SSSR count). The van der Waals surface area contributed by atoms with Gasteiger partial charge in [0.2, 0.25) is 0 Å². The number of hydrogen-bond acceptors (Lipinski definition) is 5. The predicted octanol–water partition coefficient (Wildman–Crippen LogP) is 5.26. The lowest BCUT2D eigenvalue weighted by molar-refractivity contribution is -0.137. The highest BCUT2D eigenvalue weighted by Gasteiger charge is 2.20. The second-order valence-corrected chi connectivity index (χ2v) is 8.08. The summed E-state index contributed by atoms with van der Waals surface area (Å²) in [6.07, 6.45) is 3.43. The van der Waals surface area contributed by atoms with Crippen molar-refractivity contribution in [2.24, 2.45) is 0 Å². The number of hydrogen-bond donors (Lipinski definition) is 1. The highest BCUT2D eigenvalue weighted by Crippen LogP contribution is 2.28. The Morgan fingerprint density at radius 1 is 1.00 bits per heavy atom. The van der Waals surface area contributed by atoms with Gasteiger partial charge in [0.05, 0.1) is 17.8 Å². The molecule has 0 aliphatic rings. The van der Waals surface area contributed by atoms with Crippen LogP contribution in [0.4, 0.5) is 0 Å². The maximum absolute atomic E-state index is 11.3. The van der Waals surface area contributed by atoms with Crippen molar-refractivity contribution >= 4 is 17.0 Å². The summed E-state index contributed by atoms with van der Waals surface area (Å²) >= 11 is 0. The Labute approximate surface area is 196 Å². The van der Waals surface area contributed by atoms with Crippen molar-refractivity contribution in [1.29, 1.82) is 0 Å². The zero-order chi connectivity index (χ0) is 23.3. The number of rotatable bonds is 9. The first-order valence-corrected chi connectivity index (χ1v) is 11.0. The standard InChI is InChI=1S/C27H23N3O4/c31-26(32)16-24(25-13-15-34-29-25)20-7-10-23(11-8-20)33-18-22-9-6-21-12-14-30(27(21)28-22)17-19-4-2-1-3-5-19/h1-15,24H,16-18H2,(H,31,32)/t24-/m0/s1. The van der Waals surface area contributed by atoms with E-state index in [0.717, 1.165) is 28.8 Å². The van der Waals surface area contributed by atoms with Crippen molar-refractivity contribution in [1.82, 2.24) is 14.7 Å². The third kappa shape index (κ3) is 4.83. The quantitative estimate of drug-likeness (QED) is 0.327. The summed E-state index contributed by atoms with van der Waals surface area (Å²) in [7, 11) is 0. The lowest BCUT2D eigenvalue weighted by Gasteiger charge is -2.13. The average Bonchev–Trinajstić information content (AvgIpc) is 3.53. The van der Waals surface area contributed by atoms with Crippen LogP contribution in [0.3, 0.4) is 0 Å². The van der Waals surface area contributed by atoms with Gasteiger partial charge in [-0.05, 0) is 41.5 Å². The molecule has 7 heteroatoms. The molecule has 7 nitrogen and oxygen atoms in total. The minimum absolute atomic E-state index is 0.0701. The Hall–Kier alpha value is -4.39. The van der Waals surface area contributed by atoms with Crippen molar-refractivity contribution in [3.8, 4) is 5.75 Å². The van der Waals surface area contributed by atoms with E-state index in [9.17, 15) is 9.90 Å². The molecule has 0 radical (unpaired) electrons. The molecule has 0 unspecified atom stereocenters. The van der Waals surface area contributed by atoms with Crippen LogP contribution in [0.15, 0.2) is 95.8 Å². The first kappa shape index (κ1) is 21.5. The topological polar surface area (TPSA) is 90.4 Å². The molecule has 5 aromatic rings. The van der Waals surface area contributed by atoms with Gasteiger partial charge in [0.1, 0.15) is 24.3 Å². The van der Waals surface area contributed by atoms with E-state index in [2.05, 4.69) is 40.2 Å². The normalized spacial score (nSPS) is 12.0. The summed E-state index contributed by atoms with van der Waals surface area (Å²) in [4.78, 5) is 16.1. The smallest absolute Gasteiger partial charge is 0.304 e. The molecule has 0 saturated carbocycles. The summed E-state index contributed by atoms with van der Waals surface area (Å²) in [6.45, 7) is 1.08. The highest BCUT2D eigenvalue weighted by atomic mass is 16.5. The number of aromatic nitrogens is 3. The van der Waals surface area contributed by atoms with Gasteiger partial charge in [-0.25, -0.2) is 4.98 Å². The highest BCUT2D eigenvalue weighted by molar-refractivity contribution is 5.76. The number of pyridine rings is 1. The Morgan fingerprint density at radius 3 is 2.56 bits per heavy atom. The van der Waals surface area contributed by atoms with E-state index < -0.39 is 5.97 Å². The van der Waals surface area contributed by atoms with E-state index in [0.29, 0.717) is 18.1 Å². The second-order valence-electron chi connectivity index (χ2n) is 8.08. The molecule has 1 N–H and O–H groups in total. The van der Waals surface area contributed by atoms with Gasteiger partial charge >= 0.3 is 5.97 Å². The van der Waals surface area contributed by atoms with E-state index in [1.807, 2.05) is 48.5 Å². The fourth-order valence-corrected chi connectivity index (χ4v) is 4.01. The molecule has 1 atom stereocenters. The van der Waals surface area contributed by atoms with E-state index in [4.69, 9.17) is 14.2 Å². The van der Waals surface area contributed by atoms with E-state index in [-0.39, 0.29) is 12.3 Å². The summed E-state index contributed by atoms with van der Waals surface area (Å²) in [5.74, 6) is -0.599. The van der Waals surface area contributed by atoms with Gasteiger partial charge in [0, 0.05) is 30.1 Å². The minimum atomic E-state index is -0.896. The molecule has 2 aromatic carbocycles. The summed E-state index contributed by atoms with van der Waals surface area (Å²) < 4.78 is 13.0. The Morgan fingerprint density at radius 2 is 1.82 bits per heavy atom. The van der Waals surface area contributed by atoms with Crippen LogP contribution >= 0.6 is 0 Å². The van der Waals surface area contributed by atoms with Crippen LogP contribution in [0, 0.1) is 0 Å². The average molecular weight is 453 g/mol. The minimum Gasteiger partial charge on any atom is -0.487 e. The van der Waals surface area contributed by atoms with Crippen LogP contribution in [0.1, 0.15) is 34.9 Å². The Bertz CT molecular complexity index is 1380. The molecule has 34 heavy (non-hydrogen) atoms. The Balaban J connectivity index is 1.28. The molecule has 0 spiro atoms. The lowest BCUT2D eigenvalue weighted by Crippen LogP contribution is -2.08. The maximum atomic E-state index is 11.3. The number of carbonyl (C=O) groups is 1. The SMILES string of the molecule is O=C(O)C[C@@H](c1ccc(OCc2ccc3ccn(Cc4ccccc4)c3n2)cc1)c1ccon1. The molecule has 0 fully saturated rings. The van der Waals surface area contributed by atoms with Gasteiger partial charge in [0.25, 0.3) is 0 Å². The number of ether oxygens (including phenoxy) is 1. The van der Waals surface area contributed by atoms with E-state index in [1.54, 1.807) is 6.07 Å². The zero-order valence-corrected chi connectivity index (χ0v) is 18.4. The maximum Gasteiger partial charge on any atom is 0.304 e. The van der Waals surface area contributed by atoms with Crippen LogP contribution in [-0.4, -0.2) is 25.8 Å². The van der Waals surface area contributed by atoms with Gasteiger partial charge in [-0.3, -0.25) is 4.79 Å². The van der Waals surface area contributed by atoms with Crippen LogP contribution < -0.4 is 4.74 Å². The monoisotopic (exact) mass is 453 g/mol. The fraction of sp³-hybridized carbons (Fsp3) is 0.148. The summed E-state index contributed by atoms with van der Waals surface area (Å²) in [5.41, 5.74) is 4.39. The van der Waals surface area contributed by atoms with Crippen LogP contribution in [0.2, 0.25) is 0 Å². The lowest BCUT2D eigenvalue weighted by atomic mass is 9.92. The third-order valence-electron chi connectivity index (χ3n) is 5.73. The molecule has 3 aromatic heterocycles. The predicted molar refractivity (Wildman–Crippen MR) is 127 cm³/mol. The van der Waals surface area contributed by atoms with Crippen molar-refractivity contribution in [2.75, 3.05) is 0 Å². The van der Waals surface area contributed by atoms with Gasteiger partial charge in [-0.2, -0.15) is 0 Å². The van der Waals surface area contributed by atoms with Crippen LogP contribution in [0.25, 0.3) is 11.0 Å². The number of carboxylic acids is 1. The number of fused-ring (bicyclic) bond motifs is 1. The summed E-state index contributed by atoms with van der Waals surface area (Å²) in [5, 5.41) is 14.3. The molecule has 0 bridgehead atoms. The third-order valence-corrected chi connectivity index (χ3v) is 5.73. The fourth-order valence-electron chi connectivity index (χ4n) is 4.01. The molecule has 0 aliphatic carbocycles. The molecule has 0 aliphatic heterocycles. The molecule has 0 amide bonds. The molecule has 3 heterocycles. The number of nitrogens with zero attached hydrogens (tertiary/aromatic N) is 3. The first-order valence-electron chi connectivity index (χ1n) is 11.0. The van der Waals surface area contributed by atoms with Gasteiger partial charge in [0.15, 0.2) is 0 Å². The van der Waals surface area contributed by atoms with E-state index >= 15 is 0 Å². The number of benzene rings is 2. The summed E-state index contributed by atoms with van der Waals surface area (Å²) in [6, 6.07) is 25.5. The molecule has 0 saturated heterocycles. The van der Waals surface area contributed by atoms with Crippen molar-refractivity contribution < 1.29 is 19.2 Å². The van der Waals surface area contributed by atoms with Crippen molar-refractivity contribution in [2.45, 2.75) is 25.5 Å².